The van der Waals surface area contributed by atoms with E-state index in [1.807, 2.05) is 12.1 Å². The Labute approximate surface area is 170 Å². The van der Waals surface area contributed by atoms with Gasteiger partial charge in [-0.2, -0.15) is 0 Å². The first-order valence-electron chi connectivity index (χ1n) is 9.84. The van der Waals surface area contributed by atoms with Gasteiger partial charge in [-0.05, 0) is 28.1 Å². The van der Waals surface area contributed by atoms with Crippen LogP contribution in [0.1, 0.15) is 23.4 Å². The van der Waals surface area contributed by atoms with Crippen molar-refractivity contribution in [2.24, 2.45) is 0 Å². The van der Waals surface area contributed by atoms with Crippen molar-refractivity contribution in [3.05, 3.63) is 57.5 Å². The normalized spacial score (nSPS) is 15.4. The van der Waals surface area contributed by atoms with Gasteiger partial charge in [-0.1, -0.05) is 24.3 Å². The molecule has 1 fully saturated rings. The first-order valence-corrected chi connectivity index (χ1v) is 9.84. The van der Waals surface area contributed by atoms with Gasteiger partial charge in [-0.25, -0.2) is 0 Å². The summed E-state index contributed by atoms with van der Waals surface area (Å²) in [6, 6.07) is 8.30. The van der Waals surface area contributed by atoms with Gasteiger partial charge in [0, 0.05) is 59.2 Å². The molecule has 156 valence electrons. The van der Waals surface area contributed by atoms with E-state index in [1.165, 1.54) is 11.8 Å². The minimum atomic E-state index is -0.529. The third-order valence-corrected chi connectivity index (χ3v) is 5.21. The molecule has 1 amide bonds. The minimum absolute atomic E-state index is 0.0924. The smallest absolute Gasteiger partial charge is 0.358 e. The molecular formula is C20H28N6O3. The second-order valence-electron chi connectivity index (χ2n) is 7.52. The maximum Gasteiger partial charge on any atom is 0.381 e. The van der Waals surface area contributed by atoms with E-state index in [1.54, 1.807) is 11.5 Å². The van der Waals surface area contributed by atoms with E-state index in [0.29, 0.717) is 18.9 Å². The third-order valence-electron chi connectivity index (χ3n) is 5.21. The lowest BCUT2D eigenvalue weighted by Gasteiger charge is -2.32. The minimum Gasteiger partial charge on any atom is -0.358 e. The molecule has 1 aliphatic rings. The highest BCUT2D eigenvalue weighted by Gasteiger charge is 2.16. The molecule has 29 heavy (non-hydrogen) atoms. The van der Waals surface area contributed by atoms with Crippen LogP contribution in [0.2, 0.25) is 0 Å². The van der Waals surface area contributed by atoms with Gasteiger partial charge in [-0.15, -0.1) is 0 Å². The van der Waals surface area contributed by atoms with Crippen LogP contribution in [0.5, 0.6) is 0 Å². The van der Waals surface area contributed by atoms with Gasteiger partial charge in [-0.3, -0.25) is 9.69 Å². The Morgan fingerprint density at radius 1 is 1.24 bits per heavy atom. The van der Waals surface area contributed by atoms with Crippen LogP contribution < -0.4 is 5.32 Å². The number of likely N-dealkylation sites (N-methyl/N-ethyl adjacent to an activating group) is 1. The van der Waals surface area contributed by atoms with E-state index >= 15 is 0 Å². The van der Waals surface area contributed by atoms with Crippen LogP contribution in [0.15, 0.2) is 30.5 Å². The summed E-state index contributed by atoms with van der Waals surface area (Å²) < 4.78 is 1.63. The summed E-state index contributed by atoms with van der Waals surface area (Å²) >= 11 is 0. The van der Waals surface area contributed by atoms with Crippen LogP contribution in [0.3, 0.4) is 0 Å². The zero-order chi connectivity index (χ0) is 20.8. The molecule has 0 saturated carbocycles. The predicted molar refractivity (Wildman–Crippen MR) is 109 cm³/mol. The lowest BCUT2D eigenvalue weighted by atomic mass is 10.1. The van der Waals surface area contributed by atoms with Gasteiger partial charge in [0.15, 0.2) is 0 Å². The van der Waals surface area contributed by atoms with E-state index in [-0.39, 0.29) is 18.1 Å². The Bertz CT molecular complexity index is 858. The first-order chi connectivity index (χ1) is 13.9. The molecule has 9 nitrogen and oxygen atoms in total. The number of nitrogens with zero attached hydrogens (tertiary/aromatic N) is 5. The van der Waals surface area contributed by atoms with Gasteiger partial charge in [0.2, 0.25) is 11.7 Å². The summed E-state index contributed by atoms with van der Waals surface area (Å²) in [4.78, 5) is 31.1. The third kappa shape index (κ3) is 6.10. The van der Waals surface area contributed by atoms with Crippen molar-refractivity contribution in [3.8, 4) is 0 Å². The maximum absolute atomic E-state index is 12.2. The summed E-state index contributed by atoms with van der Waals surface area (Å²) in [5.41, 5.74) is 2.32. The fourth-order valence-corrected chi connectivity index (χ4v) is 3.42. The van der Waals surface area contributed by atoms with Crippen LogP contribution >= 0.6 is 0 Å². The molecule has 9 heteroatoms. The van der Waals surface area contributed by atoms with Crippen LogP contribution in [-0.2, 0) is 24.4 Å². The number of piperazine rings is 1. The molecule has 0 aliphatic carbocycles. The highest BCUT2D eigenvalue weighted by molar-refractivity contribution is 5.75. The molecule has 2 aromatic rings. The second-order valence-corrected chi connectivity index (χ2v) is 7.52. The van der Waals surface area contributed by atoms with E-state index in [9.17, 15) is 14.9 Å². The monoisotopic (exact) mass is 400 g/mol. The molecule has 1 aromatic carbocycles. The number of nitrogens with one attached hydrogen (secondary N) is 1. The quantitative estimate of drug-likeness (QED) is 0.534. The van der Waals surface area contributed by atoms with Gasteiger partial charge in [0.05, 0.1) is 0 Å². The van der Waals surface area contributed by atoms with Gasteiger partial charge < -0.3 is 24.9 Å². The molecule has 0 atom stereocenters. The number of aryl methyl sites for hydroxylation is 2. The fraction of sp³-hybridized carbons (Fsp3) is 0.500. The molecule has 3 rings (SSSR count). The van der Waals surface area contributed by atoms with Crippen LogP contribution in [0, 0.1) is 17.0 Å². The summed E-state index contributed by atoms with van der Waals surface area (Å²) in [7, 11) is 2.15. The molecular weight excluding hydrogens is 372 g/mol. The van der Waals surface area contributed by atoms with Crippen LogP contribution in [0.4, 0.5) is 5.82 Å². The molecule has 1 aliphatic heterocycles. The average Bonchev–Trinajstić information content (AvgIpc) is 3.08. The molecule has 0 spiro atoms. The molecule has 1 saturated heterocycles. The Morgan fingerprint density at radius 2 is 1.97 bits per heavy atom. The van der Waals surface area contributed by atoms with Crippen molar-refractivity contribution in [1.29, 1.82) is 0 Å². The molecule has 0 radical (unpaired) electrons. The number of benzene rings is 1. The molecule has 1 N–H and O–H groups in total. The van der Waals surface area contributed by atoms with Crippen molar-refractivity contribution in [2.45, 2.75) is 33.0 Å². The van der Waals surface area contributed by atoms with Gasteiger partial charge in [0.1, 0.15) is 6.20 Å². The first kappa shape index (κ1) is 20.9. The SMILES string of the molecule is Cc1nc([N+](=O)[O-])cn1CCC(=O)NCc1cccc(CN2CCN(C)CC2)c1. The number of nitro groups is 1. The topological polar surface area (TPSA) is 96.5 Å². The van der Waals surface area contributed by atoms with Gasteiger partial charge in [0.25, 0.3) is 0 Å². The Hall–Kier alpha value is -2.78. The van der Waals surface area contributed by atoms with Crippen LogP contribution in [-0.4, -0.2) is 63.4 Å². The number of rotatable bonds is 8. The average molecular weight is 400 g/mol. The van der Waals surface area contributed by atoms with E-state index in [4.69, 9.17) is 0 Å². The van der Waals surface area contributed by atoms with Crippen molar-refractivity contribution in [1.82, 2.24) is 24.7 Å². The zero-order valence-electron chi connectivity index (χ0n) is 17.0. The Kier molecular flexibility index (Phi) is 6.95. The Balaban J connectivity index is 1.46. The maximum atomic E-state index is 12.2. The largest absolute Gasteiger partial charge is 0.381 e. The highest BCUT2D eigenvalue weighted by atomic mass is 16.6. The standard InChI is InChI=1S/C20H28N6O3/c1-16-22-19(26(28)29)15-25(16)7-6-20(27)21-13-17-4-3-5-18(12-17)14-24-10-8-23(2)9-11-24/h3-5,12,15H,6-11,13-14H2,1-2H3,(H,21,27). The Morgan fingerprint density at radius 3 is 2.66 bits per heavy atom. The highest BCUT2D eigenvalue weighted by Crippen LogP contribution is 2.12. The van der Waals surface area contributed by atoms with E-state index < -0.39 is 4.92 Å². The van der Waals surface area contributed by atoms with E-state index in [0.717, 1.165) is 38.3 Å². The lowest BCUT2D eigenvalue weighted by molar-refractivity contribution is -0.389. The fourth-order valence-electron chi connectivity index (χ4n) is 3.42. The van der Waals surface area contributed by atoms with Crippen molar-refractivity contribution in [2.75, 3.05) is 33.2 Å². The second kappa shape index (κ2) is 9.62. The van der Waals surface area contributed by atoms with Crippen molar-refractivity contribution in [3.63, 3.8) is 0 Å². The number of hydrogen-bond donors (Lipinski definition) is 1. The van der Waals surface area contributed by atoms with Crippen molar-refractivity contribution >= 4 is 11.7 Å². The molecule has 1 aromatic heterocycles. The number of carbonyl (C=O) groups is 1. The molecule has 0 unspecified atom stereocenters. The zero-order valence-corrected chi connectivity index (χ0v) is 17.0. The predicted octanol–water partition coefficient (Wildman–Crippen LogP) is 1.55. The lowest BCUT2D eigenvalue weighted by Crippen LogP contribution is -2.43. The summed E-state index contributed by atoms with van der Waals surface area (Å²) in [5.74, 6) is 0.242. The molecule has 0 bridgehead atoms. The summed E-state index contributed by atoms with van der Waals surface area (Å²) in [6.07, 6.45) is 1.61. The van der Waals surface area contributed by atoms with Crippen LogP contribution in [0.25, 0.3) is 0 Å². The number of hydrogen-bond acceptors (Lipinski definition) is 6. The number of carbonyl (C=O) groups excluding carboxylic acids is 1. The van der Waals surface area contributed by atoms with E-state index in [2.05, 4.69) is 39.3 Å². The number of imidazole rings is 1. The number of amides is 1. The molecule has 2 heterocycles. The summed E-state index contributed by atoms with van der Waals surface area (Å²) in [5, 5.41) is 13.7. The van der Waals surface area contributed by atoms with Gasteiger partial charge >= 0.3 is 5.82 Å². The van der Waals surface area contributed by atoms with Crippen molar-refractivity contribution < 1.29 is 9.72 Å². The summed E-state index contributed by atoms with van der Waals surface area (Å²) in [6.45, 7) is 7.78. The number of aromatic nitrogens is 2.